The molecule has 1 aliphatic rings. The number of likely N-dealkylation sites (tertiary alicyclic amines) is 1. The summed E-state index contributed by atoms with van der Waals surface area (Å²) in [5.41, 5.74) is 6.09. The van der Waals surface area contributed by atoms with Crippen LogP contribution in [0.15, 0.2) is 6.07 Å². The second-order valence-corrected chi connectivity index (χ2v) is 5.12. The van der Waals surface area contributed by atoms with Crippen LogP contribution in [0.3, 0.4) is 0 Å². The number of aryl methyl sites for hydroxylation is 1. The molecule has 0 atom stereocenters. The summed E-state index contributed by atoms with van der Waals surface area (Å²) in [6.45, 7) is 6.28. The van der Waals surface area contributed by atoms with E-state index in [1.165, 1.54) is 0 Å². The number of aliphatic hydroxyl groups is 1. The quantitative estimate of drug-likeness (QED) is 0.791. The zero-order valence-corrected chi connectivity index (χ0v) is 10.5. The van der Waals surface area contributed by atoms with Crippen molar-refractivity contribution in [3.8, 4) is 0 Å². The Kier molecular flexibility index (Phi) is 3.31. The maximum atomic E-state index is 9.87. The molecular formula is C12H20N4O. The zero-order chi connectivity index (χ0) is 12.5. The van der Waals surface area contributed by atoms with Crippen LogP contribution in [0.5, 0.6) is 0 Å². The van der Waals surface area contributed by atoms with Gasteiger partial charge in [0.1, 0.15) is 11.6 Å². The van der Waals surface area contributed by atoms with Gasteiger partial charge in [0.05, 0.1) is 12.1 Å². The topological polar surface area (TPSA) is 75.3 Å². The van der Waals surface area contributed by atoms with Crippen LogP contribution in [0.25, 0.3) is 0 Å². The summed E-state index contributed by atoms with van der Waals surface area (Å²) in [6.07, 6.45) is 1.60. The van der Waals surface area contributed by atoms with Crippen molar-refractivity contribution in [1.82, 2.24) is 14.9 Å². The lowest BCUT2D eigenvalue weighted by molar-refractivity contribution is -0.00788. The van der Waals surface area contributed by atoms with Crippen LogP contribution in [0.1, 0.15) is 31.3 Å². The minimum atomic E-state index is -0.511. The lowest BCUT2D eigenvalue weighted by atomic mass is 9.94. The molecule has 94 valence electrons. The molecule has 0 aromatic carbocycles. The summed E-state index contributed by atoms with van der Waals surface area (Å²) in [5, 5.41) is 9.87. The Morgan fingerprint density at radius 3 is 2.65 bits per heavy atom. The van der Waals surface area contributed by atoms with Crippen LogP contribution < -0.4 is 5.73 Å². The first kappa shape index (κ1) is 12.3. The third-order valence-corrected chi connectivity index (χ3v) is 3.22. The Morgan fingerprint density at radius 1 is 1.41 bits per heavy atom. The number of anilines is 1. The van der Waals surface area contributed by atoms with Crippen LogP contribution in [0.4, 0.5) is 5.82 Å². The summed E-state index contributed by atoms with van der Waals surface area (Å²) >= 11 is 0. The Labute approximate surface area is 102 Å². The smallest absolute Gasteiger partial charge is 0.144 e. The third-order valence-electron chi connectivity index (χ3n) is 3.22. The van der Waals surface area contributed by atoms with Crippen molar-refractivity contribution in [3.63, 3.8) is 0 Å². The van der Waals surface area contributed by atoms with Gasteiger partial charge in [0.2, 0.25) is 0 Å². The molecule has 2 rings (SSSR count). The molecule has 0 unspecified atom stereocenters. The van der Waals surface area contributed by atoms with E-state index in [0.29, 0.717) is 12.4 Å². The van der Waals surface area contributed by atoms with Crippen LogP contribution in [-0.2, 0) is 6.54 Å². The Bertz CT molecular complexity index is 375. The van der Waals surface area contributed by atoms with Crippen LogP contribution in [0.2, 0.25) is 0 Å². The predicted octanol–water partition coefficient (Wildman–Crippen LogP) is 0.714. The summed E-state index contributed by atoms with van der Waals surface area (Å²) in [5.74, 6) is 1.29. The fourth-order valence-corrected chi connectivity index (χ4v) is 2.12. The van der Waals surface area contributed by atoms with Gasteiger partial charge in [-0.05, 0) is 26.7 Å². The molecule has 1 aliphatic heterocycles. The number of rotatable bonds is 2. The van der Waals surface area contributed by atoms with E-state index in [2.05, 4.69) is 14.9 Å². The highest BCUT2D eigenvalue weighted by Gasteiger charge is 2.27. The molecule has 0 bridgehead atoms. The van der Waals surface area contributed by atoms with Crippen molar-refractivity contribution >= 4 is 5.82 Å². The van der Waals surface area contributed by atoms with E-state index in [9.17, 15) is 5.11 Å². The van der Waals surface area contributed by atoms with E-state index in [4.69, 9.17) is 5.73 Å². The first-order valence-corrected chi connectivity index (χ1v) is 5.99. The van der Waals surface area contributed by atoms with E-state index in [1.54, 1.807) is 6.07 Å². The first-order chi connectivity index (χ1) is 7.94. The molecular weight excluding hydrogens is 216 g/mol. The van der Waals surface area contributed by atoms with Gasteiger partial charge in [0, 0.05) is 24.8 Å². The molecule has 0 saturated carbocycles. The lowest BCUT2D eigenvalue weighted by Gasteiger charge is -2.35. The van der Waals surface area contributed by atoms with Crippen molar-refractivity contribution in [1.29, 1.82) is 0 Å². The highest BCUT2D eigenvalue weighted by Crippen LogP contribution is 2.21. The molecule has 5 heteroatoms. The highest BCUT2D eigenvalue weighted by molar-refractivity contribution is 5.29. The van der Waals surface area contributed by atoms with Gasteiger partial charge < -0.3 is 10.8 Å². The second-order valence-electron chi connectivity index (χ2n) is 5.12. The van der Waals surface area contributed by atoms with E-state index < -0.39 is 5.60 Å². The van der Waals surface area contributed by atoms with Crippen LogP contribution in [-0.4, -0.2) is 38.7 Å². The van der Waals surface area contributed by atoms with Crippen molar-refractivity contribution in [2.45, 2.75) is 38.8 Å². The van der Waals surface area contributed by atoms with Gasteiger partial charge in [-0.25, -0.2) is 9.97 Å². The van der Waals surface area contributed by atoms with Gasteiger partial charge >= 0.3 is 0 Å². The molecule has 1 aromatic rings. The van der Waals surface area contributed by atoms with E-state index in [0.717, 1.165) is 37.4 Å². The summed E-state index contributed by atoms with van der Waals surface area (Å²) < 4.78 is 0. The summed E-state index contributed by atoms with van der Waals surface area (Å²) in [7, 11) is 0. The number of nitrogens with zero attached hydrogens (tertiary/aromatic N) is 3. The molecule has 17 heavy (non-hydrogen) atoms. The van der Waals surface area contributed by atoms with E-state index >= 15 is 0 Å². The fraction of sp³-hybridized carbons (Fsp3) is 0.667. The highest BCUT2D eigenvalue weighted by atomic mass is 16.3. The Morgan fingerprint density at radius 2 is 2.06 bits per heavy atom. The van der Waals surface area contributed by atoms with E-state index in [1.807, 2.05) is 13.8 Å². The van der Waals surface area contributed by atoms with Gasteiger partial charge in [-0.15, -0.1) is 0 Å². The van der Waals surface area contributed by atoms with Gasteiger partial charge in [0.15, 0.2) is 0 Å². The van der Waals surface area contributed by atoms with Crippen molar-refractivity contribution in [3.05, 3.63) is 17.6 Å². The number of nitrogens with two attached hydrogens (primary N) is 1. The van der Waals surface area contributed by atoms with Gasteiger partial charge in [0.25, 0.3) is 0 Å². The molecule has 0 aliphatic carbocycles. The standard InChI is InChI=1S/C12H20N4O/c1-9-7-10(13)15-11(14-9)8-16-5-3-12(2,17)4-6-16/h7,17H,3-6,8H2,1-2H3,(H2,13,14,15). The molecule has 1 fully saturated rings. The second kappa shape index (κ2) is 4.58. The minimum absolute atomic E-state index is 0.511. The molecule has 5 nitrogen and oxygen atoms in total. The molecule has 1 aromatic heterocycles. The summed E-state index contributed by atoms with van der Waals surface area (Å²) in [4.78, 5) is 10.9. The molecule has 1 saturated heterocycles. The first-order valence-electron chi connectivity index (χ1n) is 5.99. The zero-order valence-electron chi connectivity index (χ0n) is 10.5. The van der Waals surface area contributed by atoms with E-state index in [-0.39, 0.29) is 0 Å². The average Bonchev–Trinajstić information content (AvgIpc) is 2.20. The molecule has 0 spiro atoms. The monoisotopic (exact) mass is 236 g/mol. The lowest BCUT2D eigenvalue weighted by Crippen LogP contribution is -2.42. The third kappa shape index (κ3) is 3.38. The SMILES string of the molecule is Cc1cc(N)nc(CN2CCC(C)(O)CC2)n1. The number of nitrogen functional groups attached to an aromatic ring is 1. The minimum Gasteiger partial charge on any atom is -0.390 e. The molecule has 3 N–H and O–H groups in total. The van der Waals surface area contributed by atoms with Crippen molar-refractivity contribution in [2.24, 2.45) is 0 Å². The molecule has 0 amide bonds. The largest absolute Gasteiger partial charge is 0.390 e. The number of hydrogen-bond acceptors (Lipinski definition) is 5. The van der Waals surface area contributed by atoms with Crippen molar-refractivity contribution in [2.75, 3.05) is 18.8 Å². The number of hydrogen-bond donors (Lipinski definition) is 2. The van der Waals surface area contributed by atoms with Crippen LogP contribution in [0, 0.1) is 6.92 Å². The van der Waals surface area contributed by atoms with Crippen molar-refractivity contribution < 1.29 is 5.11 Å². The average molecular weight is 236 g/mol. The normalized spacial score (nSPS) is 20.4. The number of aromatic nitrogens is 2. The Hall–Kier alpha value is -1.20. The molecule has 0 radical (unpaired) electrons. The Balaban J connectivity index is 1.97. The maximum absolute atomic E-state index is 9.87. The number of piperidine rings is 1. The fourth-order valence-electron chi connectivity index (χ4n) is 2.12. The van der Waals surface area contributed by atoms with Crippen LogP contribution >= 0.6 is 0 Å². The molecule has 2 heterocycles. The van der Waals surface area contributed by atoms with Gasteiger partial charge in [-0.3, -0.25) is 4.90 Å². The van der Waals surface area contributed by atoms with Gasteiger partial charge in [-0.2, -0.15) is 0 Å². The maximum Gasteiger partial charge on any atom is 0.144 e. The van der Waals surface area contributed by atoms with Gasteiger partial charge in [-0.1, -0.05) is 0 Å². The predicted molar refractivity (Wildman–Crippen MR) is 66.3 cm³/mol. The summed E-state index contributed by atoms with van der Waals surface area (Å²) in [6, 6.07) is 1.77.